The molecule has 1 unspecified atom stereocenters. The maximum Gasteiger partial charge on any atom is 0.250 e. The number of hydrogen-bond donors (Lipinski definition) is 1. The Morgan fingerprint density at radius 2 is 1.81 bits per heavy atom. The minimum absolute atomic E-state index is 0.137. The Morgan fingerprint density at radius 3 is 2.50 bits per heavy atom. The monoisotopic (exact) mass is 447 g/mol. The third kappa shape index (κ3) is 5.46. The summed E-state index contributed by atoms with van der Waals surface area (Å²) in [5, 5.41) is 13.9. The third-order valence-corrected chi connectivity index (χ3v) is 6.45. The highest BCUT2D eigenvalue weighted by atomic mass is 32.2. The molecule has 0 aliphatic heterocycles. The number of hydrazone groups is 1. The van der Waals surface area contributed by atoms with Gasteiger partial charge in [-0.05, 0) is 42.7 Å². The molecule has 2 aromatic carbocycles. The Hall–Kier alpha value is -2.93. The number of carbonyl (C=O) groups is 1. The van der Waals surface area contributed by atoms with Crippen molar-refractivity contribution < 1.29 is 4.79 Å². The Balaban J connectivity index is 1.48. The lowest BCUT2D eigenvalue weighted by Crippen LogP contribution is -2.30. The van der Waals surface area contributed by atoms with Crippen LogP contribution in [0.1, 0.15) is 40.0 Å². The highest BCUT2D eigenvalue weighted by Crippen LogP contribution is 2.37. The van der Waals surface area contributed by atoms with E-state index in [2.05, 4.69) is 41.5 Å². The number of hydrogen-bond acceptors (Lipinski definition) is 5. The summed E-state index contributed by atoms with van der Waals surface area (Å²) in [5.41, 5.74) is 5.99. The van der Waals surface area contributed by atoms with Gasteiger partial charge in [0, 0.05) is 17.0 Å². The van der Waals surface area contributed by atoms with Gasteiger partial charge in [0.1, 0.15) is 0 Å². The van der Waals surface area contributed by atoms with E-state index in [0.29, 0.717) is 11.1 Å². The zero-order valence-corrected chi connectivity index (χ0v) is 19.6. The lowest BCUT2D eigenvalue weighted by molar-refractivity contribution is -0.118. The van der Waals surface area contributed by atoms with Gasteiger partial charge in [0.2, 0.25) is 0 Å². The highest BCUT2D eigenvalue weighted by Gasteiger charge is 2.29. The predicted octanol–water partition coefficient (Wildman–Crippen LogP) is 5.34. The van der Waals surface area contributed by atoms with Crippen molar-refractivity contribution in [3.8, 4) is 17.1 Å². The number of carbonyl (C=O) groups excluding carboxylic acids is 1. The van der Waals surface area contributed by atoms with Gasteiger partial charge in [0.25, 0.3) is 5.91 Å². The van der Waals surface area contributed by atoms with Crippen LogP contribution in [0.25, 0.3) is 17.1 Å². The van der Waals surface area contributed by atoms with Gasteiger partial charge in [-0.3, -0.25) is 9.36 Å². The second-order valence-corrected chi connectivity index (χ2v) is 10.1. The van der Waals surface area contributed by atoms with Crippen molar-refractivity contribution in [3.05, 3.63) is 60.7 Å². The fourth-order valence-corrected chi connectivity index (χ4v) is 5.20. The Bertz CT molecular complexity index is 1090. The standard InChI is InChI=1S/C25H29N5OS/c1-18-14-20(16-25(2,3)15-18)26-27-22(31)17-32-24-29-28-23(19-10-6-4-7-11-19)30(24)21-12-8-5-9-13-21/h4-13,18H,14-17H2,1-3H3,(H,27,31). The molecule has 32 heavy (non-hydrogen) atoms. The normalized spacial score (nSPS) is 19.1. The summed E-state index contributed by atoms with van der Waals surface area (Å²) in [4.78, 5) is 12.5. The van der Waals surface area contributed by atoms with E-state index in [0.717, 1.165) is 35.6 Å². The first-order valence-corrected chi connectivity index (χ1v) is 11.9. The lowest BCUT2D eigenvalue weighted by Gasteiger charge is -2.34. The quantitative estimate of drug-likeness (QED) is 0.409. The van der Waals surface area contributed by atoms with Crippen LogP contribution in [0.2, 0.25) is 0 Å². The highest BCUT2D eigenvalue weighted by molar-refractivity contribution is 7.99. The molecule has 0 saturated heterocycles. The number of para-hydroxylation sites is 1. The SMILES string of the molecule is CC1CC(=NNC(=O)CSc2nnc(-c3ccccc3)n2-c2ccccc2)CC(C)(C)C1. The van der Waals surface area contributed by atoms with Gasteiger partial charge >= 0.3 is 0 Å². The van der Waals surface area contributed by atoms with E-state index in [4.69, 9.17) is 0 Å². The van der Waals surface area contributed by atoms with Crippen LogP contribution in [0.4, 0.5) is 0 Å². The maximum absolute atomic E-state index is 12.5. The number of nitrogens with zero attached hydrogens (tertiary/aromatic N) is 4. The van der Waals surface area contributed by atoms with Crippen molar-refractivity contribution in [3.63, 3.8) is 0 Å². The lowest BCUT2D eigenvalue weighted by atomic mass is 9.72. The largest absolute Gasteiger partial charge is 0.272 e. The van der Waals surface area contributed by atoms with E-state index in [-0.39, 0.29) is 17.1 Å². The van der Waals surface area contributed by atoms with Gasteiger partial charge in [-0.25, -0.2) is 5.43 Å². The van der Waals surface area contributed by atoms with E-state index in [9.17, 15) is 4.79 Å². The third-order valence-electron chi connectivity index (χ3n) is 5.52. The summed E-state index contributed by atoms with van der Waals surface area (Å²) in [6.07, 6.45) is 3.06. The van der Waals surface area contributed by atoms with Crippen molar-refractivity contribution in [2.75, 3.05) is 5.75 Å². The molecule has 3 aromatic rings. The van der Waals surface area contributed by atoms with Gasteiger partial charge in [0.15, 0.2) is 11.0 Å². The van der Waals surface area contributed by atoms with Crippen LogP contribution < -0.4 is 5.43 Å². The molecule has 1 fully saturated rings. The van der Waals surface area contributed by atoms with E-state index in [1.165, 1.54) is 18.2 Å². The van der Waals surface area contributed by atoms with Crippen molar-refractivity contribution >= 4 is 23.4 Å². The molecule has 1 amide bonds. The molecular formula is C25H29N5OS. The summed E-state index contributed by atoms with van der Waals surface area (Å²) in [7, 11) is 0. The zero-order chi connectivity index (χ0) is 22.6. The van der Waals surface area contributed by atoms with Gasteiger partial charge in [-0.15, -0.1) is 10.2 Å². The molecule has 166 valence electrons. The van der Waals surface area contributed by atoms with Crippen molar-refractivity contribution in [2.45, 2.75) is 45.2 Å². The molecular weight excluding hydrogens is 418 g/mol. The molecule has 1 aromatic heterocycles. The number of thioether (sulfide) groups is 1. The van der Waals surface area contributed by atoms with Gasteiger partial charge < -0.3 is 0 Å². The smallest absolute Gasteiger partial charge is 0.250 e. The van der Waals surface area contributed by atoms with Crippen LogP contribution in [0.15, 0.2) is 70.9 Å². The van der Waals surface area contributed by atoms with E-state index < -0.39 is 0 Å². The molecule has 0 bridgehead atoms. The van der Waals surface area contributed by atoms with Crippen LogP contribution >= 0.6 is 11.8 Å². The van der Waals surface area contributed by atoms with E-state index >= 15 is 0 Å². The minimum atomic E-state index is -0.137. The molecule has 1 heterocycles. The van der Waals surface area contributed by atoms with Gasteiger partial charge in [-0.2, -0.15) is 5.10 Å². The molecule has 1 aliphatic carbocycles. The zero-order valence-electron chi connectivity index (χ0n) is 18.8. The number of aromatic nitrogens is 3. The summed E-state index contributed by atoms with van der Waals surface area (Å²) in [6, 6.07) is 19.9. The van der Waals surface area contributed by atoms with Crippen molar-refractivity contribution in [1.82, 2.24) is 20.2 Å². The molecule has 0 spiro atoms. The molecule has 7 heteroatoms. The van der Waals surface area contributed by atoms with Crippen LogP contribution in [-0.4, -0.2) is 32.1 Å². The molecule has 4 rings (SSSR count). The summed E-state index contributed by atoms with van der Waals surface area (Å²) in [6.45, 7) is 6.77. The molecule has 6 nitrogen and oxygen atoms in total. The Labute approximate surface area is 193 Å². The fraction of sp³-hybridized carbons (Fsp3) is 0.360. The van der Waals surface area contributed by atoms with E-state index in [1.54, 1.807) is 0 Å². The summed E-state index contributed by atoms with van der Waals surface area (Å²) in [5.74, 6) is 1.42. The maximum atomic E-state index is 12.5. The number of amides is 1. The van der Waals surface area contributed by atoms with Crippen LogP contribution in [-0.2, 0) is 4.79 Å². The van der Waals surface area contributed by atoms with Crippen LogP contribution in [0.3, 0.4) is 0 Å². The Morgan fingerprint density at radius 1 is 1.12 bits per heavy atom. The van der Waals surface area contributed by atoms with E-state index in [1.807, 2.05) is 65.2 Å². The predicted molar refractivity (Wildman–Crippen MR) is 130 cm³/mol. The topological polar surface area (TPSA) is 72.2 Å². The van der Waals surface area contributed by atoms with Crippen molar-refractivity contribution in [2.24, 2.45) is 16.4 Å². The number of benzene rings is 2. The van der Waals surface area contributed by atoms with Gasteiger partial charge in [0.05, 0.1) is 5.75 Å². The second kappa shape index (κ2) is 9.69. The molecule has 1 N–H and O–H groups in total. The molecule has 1 aliphatic rings. The average molecular weight is 448 g/mol. The molecule has 1 atom stereocenters. The van der Waals surface area contributed by atoms with Crippen LogP contribution in [0, 0.1) is 11.3 Å². The Kier molecular flexibility index (Phi) is 6.74. The first-order valence-electron chi connectivity index (χ1n) is 10.9. The second-order valence-electron chi connectivity index (χ2n) is 9.20. The van der Waals surface area contributed by atoms with Crippen LogP contribution in [0.5, 0.6) is 0 Å². The minimum Gasteiger partial charge on any atom is -0.272 e. The first kappa shape index (κ1) is 22.3. The van der Waals surface area contributed by atoms with Crippen molar-refractivity contribution in [1.29, 1.82) is 0 Å². The summed E-state index contributed by atoms with van der Waals surface area (Å²) >= 11 is 1.36. The fourth-order valence-electron chi connectivity index (χ4n) is 4.45. The molecule has 1 saturated carbocycles. The molecule has 0 radical (unpaired) electrons. The van der Waals surface area contributed by atoms with Gasteiger partial charge in [-0.1, -0.05) is 81.1 Å². The first-order chi connectivity index (χ1) is 15.4. The average Bonchev–Trinajstić information content (AvgIpc) is 3.20. The number of nitrogens with one attached hydrogen (secondary N) is 1. The number of rotatable bonds is 6. The summed E-state index contributed by atoms with van der Waals surface area (Å²) < 4.78 is 1.99.